The van der Waals surface area contributed by atoms with Gasteiger partial charge in [-0.3, -0.25) is 4.79 Å². The van der Waals surface area contributed by atoms with Crippen molar-refractivity contribution in [1.29, 1.82) is 0 Å². The van der Waals surface area contributed by atoms with Gasteiger partial charge >= 0.3 is 11.9 Å². The number of likely N-dealkylation sites (tertiary alicyclic amines) is 1. The number of nitrogen functional groups attached to an aromatic ring is 1. The molecule has 2 aliphatic heterocycles. The Kier molecular flexibility index (Phi) is 10.7. The van der Waals surface area contributed by atoms with Crippen molar-refractivity contribution in [3.8, 4) is 5.75 Å². The minimum Gasteiger partial charge on any atom is -0.492 e. The lowest BCUT2D eigenvalue weighted by molar-refractivity contribution is -0.165. The molecule has 0 aromatic heterocycles. The van der Waals surface area contributed by atoms with Crippen LogP contribution in [0.3, 0.4) is 0 Å². The number of nitrogens with zero attached hydrogens (tertiary/aromatic N) is 1. The van der Waals surface area contributed by atoms with Crippen molar-refractivity contribution < 1.29 is 49.0 Å². The van der Waals surface area contributed by atoms with Crippen LogP contribution in [-0.4, -0.2) is 105 Å². The van der Waals surface area contributed by atoms with Gasteiger partial charge in [0.15, 0.2) is 12.2 Å². The molecule has 2 heterocycles. The van der Waals surface area contributed by atoms with E-state index >= 15 is 4.39 Å². The molecule has 3 rings (SSSR count). The van der Waals surface area contributed by atoms with Gasteiger partial charge in [0, 0.05) is 25.2 Å². The molecule has 2 atom stereocenters. The number of piperidine rings is 1. The van der Waals surface area contributed by atoms with Crippen LogP contribution in [0.2, 0.25) is 5.02 Å². The summed E-state index contributed by atoms with van der Waals surface area (Å²) in [5.41, 5.74) is 5.23. The number of fused-ring (bicyclic) bond motifs is 1. The summed E-state index contributed by atoms with van der Waals surface area (Å²) in [6.45, 7) is 5.52. The molecule has 1 aromatic carbocycles. The third kappa shape index (κ3) is 8.67. The lowest BCUT2D eigenvalue weighted by Crippen LogP contribution is -2.50. The zero-order valence-corrected chi connectivity index (χ0v) is 22.0. The number of ether oxygens (including phenoxy) is 1. The fourth-order valence-corrected chi connectivity index (χ4v) is 4.37. The molecule has 1 amide bonds. The summed E-state index contributed by atoms with van der Waals surface area (Å²) in [5, 5.41) is 45.5. The van der Waals surface area contributed by atoms with Gasteiger partial charge in [0.05, 0.1) is 35.0 Å². The molecule has 0 bridgehead atoms. The molecule has 38 heavy (non-hydrogen) atoms. The standard InChI is InChI=1S/C20H29ClFN3O3.C4H6O6/c1-19(2,27)12-25-7-5-20(22,6-8-25)11-24-18(26)14-10-15(21)16(23)13-4-3-9-28-17(13)14;5-1(3(7)8)2(6)4(9)10/h10,27H,3-9,11-12,23H2,1-2H3,(H,24,26);1-2,5-6H,(H,7,8)(H,9,10). The largest absolute Gasteiger partial charge is 0.492 e. The lowest BCUT2D eigenvalue weighted by Gasteiger charge is -2.38. The van der Waals surface area contributed by atoms with Gasteiger partial charge in [-0.15, -0.1) is 0 Å². The number of aliphatic hydroxyl groups excluding tert-OH is 2. The molecule has 0 saturated carbocycles. The average molecular weight is 564 g/mol. The van der Waals surface area contributed by atoms with Gasteiger partial charge in [-0.1, -0.05) is 11.6 Å². The minimum absolute atomic E-state index is 0.0705. The van der Waals surface area contributed by atoms with Crippen LogP contribution in [0.5, 0.6) is 5.75 Å². The number of carboxylic acids is 2. The maximum absolute atomic E-state index is 15.2. The summed E-state index contributed by atoms with van der Waals surface area (Å²) in [6.07, 6.45) is -2.41. The Hall–Kier alpha value is -2.71. The van der Waals surface area contributed by atoms with Gasteiger partial charge < -0.3 is 46.2 Å². The molecule has 12 nitrogen and oxygen atoms in total. The lowest BCUT2D eigenvalue weighted by atomic mass is 9.92. The molecule has 0 spiro atoms. The monoisotopic (exact) mass is 563 g/mol. The van der Waals surface area contributed by atoms with Crippen molar-refractivity contribution >= 4 is 35.1 Å². The first-order valence-electron chi connectivity index (χ1n) is 12.0. The molecular weight excluding hydrogens is 529 g/mol. The fourth-order valence-electron chi connectivity index (χ4n) is 4.14. The van der Waals surface area contributed by atoms with Gasteiger partial charge in [-0.05, 0) is 45.6 Å². The number of rotatable bonds is 8. The highest BCUT2D eigenvalue weighted by atomic mass is 35.5. The van der Waals surface area contributed by atoms with Gasteiger partial charge in [-0.2, -0.15) is 0 Å². The van der Waals surface area contributed by atoms with Crippen LogP contribution in [0.1, 0.15) is 49.0 Å². The van der Waals surface area contributed by atoms with Gasteiger partial charge in [-0.25, -0.2) is 14.0 Å². The van der Waals surface area contributed by atoms with E-state index in [0.29, 0.717) is 67.5 Å². The van der Waals surface area contributed by atoms with Gasteiger partial charge in [0.25, 0.3) is 5.91 Å². The Morgan fingerprint density at radius 1 is 1.21 bits per heavy atom. The molecule has 14 heteroatoms. The quantitative estimate of drug-likeness (QED) is 0.216. The van der Waals surface area contributed by atoms with Crippen LogP contribution in [0.4, 0.5) is 10.1 Å². The maximum Gasteiger partial charge on any atom is 0.335 e. The number of alkyl halides is 1. The Bertz CT molecular complexity index is 1010. The highest BCUT2D eigenvalue weighted by molar-refractivity contribution is 6.33. The number of hydrogen-bond acceptors (Lipinski definition) is 9. The first kappa shape index (κ1) is 31.5. The van der Waals surface area contributed by atoms with Crippen molar-refractivity contribution in [2.24, 2.45) is 0 Å². The van der Waals surface area contributed by atoms with Crippen molar-refractivity contribution in [1.82, 2.24) is 10.2 Å². The highest BCUT2D eigenvalue weighted by Crippen LogP contribution is 2.38. The maximum atomic E-state index is 15.2. The predicted molar refractivity (Wildman–Crippen MR) is 135 cm³/mol. The van der Waals surface area contributed by atoms with Crippen molar-refractivity contribution in [3.05, 3.63) is 22.2 Å². The summed E-state index contributed by atoms with van der Waals surface area (Å²) in [5.74, 6) is -3.49. The van der Waals surface area contributed by atoms with Crippen LogP contribution < -0.4 is 15.8 Å². The number of aliphatic carboxylic acids is 2. The molecule has 0 radical (unpaired) electrons. The SMILES string of the molecule is CC(C)(O)CN1CCC(F)(CNC(=O)c2cc(Cl)c(N)c3c2OCCC3)CC1.O=C(O)C(O)C(O)C(=O)O. The highest BCUT2D eigenvalue weighted by Gasteiger charge is 2.36. The third-order valence-corrected chi connectivity index (χ3v) is 6.48. The van der Waals surface area contributed by atoms with Crippen LogP contribution in [0, 0.1) is 0 Å². The Morgan fingerprint density at radius 3 is 2.26 bits per heavy atom. The second-order valence-electron chi connectivity index (χ2n) is 10.1. The third-order valence-electron chi connectivity index (χ3n) is 6.17. The van der Waals surface area contributed by atoms with E-state index in [1.807, 2.05) is 4.90 Å². The molecule has 2 aliphatic rings. The van der Waals surface area contributed by atoms with E-state index in [-0.39, 0.29) is 6.54 Å². The molecule has 1 aromatic rings. The van der Waals surface area contributed by atoms with E-state index in [1.54, 1.807) is 13.8 Å². The fraction of sp³-hybridized carbons (Fsp3) is 0.625. The Labute approximate surface area is 224 Å². The summed E-state index contributed by atoms with van der Waals surface area (Å²) < 4.78 is 20.8. The number of nitrogens with one attached hydrogen (secondary N) is 1. The van der Waals surface area contributed by atoms with E-state index < -0.39 is 41.3 Å². The van der Waals surface area contributed by atoms with Crippen LogP contribution in [-0.2, 0) is 16.0 Å². The number of carbonyl (C=O) groups excluding carboxylic acids is 1. The summed E-state index contributed by atoms with van der Waals surface area (Å²) in [6, 6.07) is 1.49. The Balaban J connectivity index is 0.000000432. The molecule has 2 unspecified atom stereocenters. The molecule has 0 aliphatic carbocycles. The molecule has 1 saturated heterocycles. The average Bonchev–Trinajstić information content (AvgIpc) is 2.85. The zero-order valence-electron chi connectivity index (χ0n) is 21.2. The number of aliphatic hydroxyl groups is 3. The number of amides is 1. The van der Waals surface area contributed by atoms with Gasteiger partial charge in [0.1, 0.15) is 11.4 Å². The van der Waals surface area contributed by atoms with E-state index in [2.05, 4.69) is 5.32 Å². The minimum atomic E-state index is -2.27. The van der Waals surface area contributed by atoms with Crippen LogP contribution >= 0.6 is 11.6 Å². The summed E-state index contributed by atoms with van der Waals surface area (Å²) in [7, 11) is 0. The van der Waals surface area contributed by atoms with E-state index in [9.17, 15) is 19.5 Å². The zero-order chi connectivity index (χ0) is 28.8. The second kappa shape index (κ2) is 12.9. The van der Waals surface area contributed by atoms with Crippen LogP contribution in [0.25, 0.3) is 0 Å². The number of benzene rings is 1. The first-order valence-corrected chi connectivity index (χ1v) is 12.4. The van der Waals surface area contributed by atoms with Crippen LogP contribution in [0.15, 0.2) is 6.07 Å². The van der Waals surface area contributed by atoms with Gasteiger partial charge in [0.2, 0.25) is 0 Å². The summed E-state index contributed by atoms with van der Waals surface area (Å²) >= 11 is 6.18. The number of halogens is 2. The number of hydrogen-bond donors (Lipinski definition) is 7. The van der Waals surface area contributed by atoms with Crippen molar-refractivity contribution in [2.75, 3.05) is 38.5 Å². The molecule has 214 valence electrons. The van der Waals surface area contributed by atoms with E-state index in [0.717, 1.165) is 12.0 Å². The topological polar surface area (TPSA) is 203 Å². The number of β-amino-alcohol motifs (C(OH)–C–C–N with tert-alkyl or cyclic N) is 1. The Morgan fingerprint density at radius 2 is 1.76 bits per heavy atom. The second-order valence-corrected chi connectivity index (χ2v) is 10.5. The van der Waals surface area contributed by atoms with Crippen molar-refractivity contribution in [2.45, 2.75) is 63.0 Å². The van der Waals surface area contributed by atoms with E-state index in [4.69, 9.17) is 42.5 Å². The normalized spacial score (nSPS) is 18.6. The first-order chi connectivity index (χ1) is 17.5. The predicted octanol–water partition coefficient (Wildman–Crippen LogP) is 0.429. The van der Waals surface area contributed by atoms with E-state index in [1.165, 1.54) is 6.07 Å². The number of carbonyl (C=O) groups is 3. The molecular formula is C24H35ClFN3O9. The number of nitrogens with two attached hydrogens (primary N) is 1. The number of carboxylic acid groups (broad SMARTS) is 2. The molecule has 1 fully saturated rings. The van der Waals surface area contributed by atoms with Crippen molar-refractivity contribution in [3.63, 3.8) is 0 Å². The smallest absolute Gasteiger partial charge is 0.335 e. The molecule has 8 N–H and O–H groups in total. The summed E-state index contributed by atoms with van der Waals surface area (Å²) in [4.78, 5) is 34.3. The number of anilines is 1.